The molecule has 8 nitrogen and oxygen atoms in total. The minimum absolute atomic E-state index is 0.0166. The predicted octanol–water partition coefficient (Wildman–Crippen LogP) is -1.94. The molecular formula is C8H16N6O2. The molecule has 0 saturated carbocycles. The molecule has 0 bridgehead atoms. The number of guanidine groups is 1. The second-order valence-corrected chi connectivity index (χ2v) is 3.97. The van der Waals surface area contributed by atoms with Crippen LogP contribution < -0.4 is 17.2 Å². The molecule has 0 aromatic heterocycles. The molecule has 1 rings (SSSR count). The van der Waals surface area contributed by atoms with Gasteiger partial charge in [0.2, 0.25) is 0 Å². The van der Waals surface area contributed by atoms with Crippen LogP contribution in [0.15, 0.2) is 0 Å². The van der Waals surface area contributed by atoms with Crippen molar-refractivity contribution < 1.29 is 9.90 Å². The number of carboxylic acid groups (broad SMARTS) is 1. The molecule has 9 N–H and O–H groups in total. The van der Waals surface area contributed by atoms with Crippen LogP contribution in [0.1, 0.15) is 12.8 Å². The number of hydrogen-bond donors (Lipinski definition) is 6. The smallest absolute Gasteiger partial charge is 0.323 e. The zero-order valence-corrected chi connectivity index (χ0v) is 8.73. The summed E-state index contributed by atoms with van der Waals surface area (Å²) >= 11 is 0. The van der Waals surface area contributed by atoms with Crippen molar-refractivity contribution >= 4 is 17.8 Å². The fourth-order valence-corrected chi connectivity index (χ4v) is 1.79. The maximum absolute atomic E-state index is 11.0. The van der Waals surface area contributed by atoms with E-state index in [2.05, 4.69) is 0 Å². The van der Waals surface area contributed by atoms with Crippen molar-refractivity contribution in [3.05, 3.63) is 0 Å². The van der Waals surface area contributed by atoms with Gasteiger partial charge in [-0.2, -0.15) is 0 Å². The lowest BCUT2D eigenvalue weighted by Crippen LogP contribution is -2.64. The molecule has 0 radical (unpaired) electrons. The molecule has 1 saturated heterocycles. The minimum atomic E-state index is -1.40. The van der Waals surface area contributed by atoms with Gasteiger partial charge in [0.05, 0.1) is 6.04 Å². The van der Waals surface area contributed by atoms with Gasteiger partial charge in [0.15, 0.2) is 5.96 Å². The van der Waals surface area contributed by atoms with Crippen LogP contribution in [0.5, 0.6) is 0 Å². The lowest BCUT2D eigenvalue weighted by Gasteiger charge is -2.42. The molecule has 2 atom stereocenters. The molecule has 2 unspecified atom stereocenters. The molecule has 0 aromatic rings. The summed E-state index contributed by atoms with van der Waals surface area (Å²) in [6.07, 6.45) is 0.156. The van der Waals surface area contributed by atoms with E-state index in [1.807, 2.05) is 0 Å². The van der Waals surface area contributed by atoms with E-state index < -0.39 is 17.6 Å². The first kappa shape index (κ1) is 12.2. The van der Waals surface area contributed by atoms with Gasteiger partial charge < -0.3 is 27.2 Å². The summed E-state index contributed by atoms with van der Waals surface area (Å²) in [6.45, 7) is 0.211. The highest BCUT2D eigenvalue weighted by molar-refractivity contribution is 5.90. The van der Waals surface area contributed by atoms with Crippen molar-refractivity contribution in [2.24, 2.45) is 17.2 Å². The van der Waals surface area contributed by atoms with Crippen LogP contribution in [0.25, 0.3) is 0 Å². The first-order valence-corrected chi connectivity index (χ1v) is 4.75. The number of carbonyl (C=O) groups is 1. The van der Waals surface area contributed by atoms with Gasteiger partial charge in [0, 0.05) is 13.0 Å². The van der Waals surface area contributed by atoms with Gasteiger partial charge in [0.1, 0.15) is 11.4 Å². The van der Waals surface area contributed by atoms with Crippen molar-refractivity contribution in [1.29, 1.82) is 10.8 Å². The van der Waals surface area contributed by atoms with Gasteiger partial charge in [-0.1, -0.05) is 0 Å². The van der Waals surface area contributed by atoms with Crippen LogP contribution in [0.3, 0.4) is 0 Å². The Balaban J connectivity index is 2.93. The number of nitrogens with zero attached hydrogens (tertiary/aromatic N) is 1. The summed E-state index contributed by atoms with van der Waals surface area (Å²) in [5, 5.41) is 23.7. The number of amidine groups is 1. The normalized spacial score (nSPS) is 29.8. The van der Waals surface area contributed by atoms with Crippen molar-refractivity contribution in [1.82, 2.24) is 4.90 Å². The van der Waals surface area contributed by atoms with Crippen LogP contribution in [-0.2, 0) is 4.79 Å². The third-order valence-electron chi connectivity index (χ3n) is 2.83. The average molecular weight is 228 g/mol. The third-order valence-corrected chi connectivity index (χ3v) is 2.83. The number of rotatable bonds is 2. The molecular weight excluding hydrogens is 212 g/mol. The third kappa shape index (κ3) is 2.06. The molecule has 1 aliphatic heterocycles. The van der Waals surface area contributed by atoms with E-state index >= 15 is 0 Å². The number of nitrogens with two attached hydrogens (primary N) is 3. The van der Waals surface area contributed by atoms with E-state index in [0.29, 0.717) is 0 Å². The Morgan fingerprint density at radius 1 is 1.44 bits per heavy atom. The van der Waals surface area contributed by atoms with Gasteiger partial charge in [-0.15, -0.1) is 0 Å². The van der Waals surface area contributed by atoms with Crippen LogP contribution in [-0.4, -0.2) is 45.9 Å². The summed E-state index contributed by atoms with van der Waals surface area (Å²) in [6, 6.07) is -0.715. The molecule has 1 fully saturated rings. The van der Waals surface area contributed by atoms with E-state index in [4.69, 9.17) is 33.1 Å². The standard InChI is InChI=1S/C8H16N6O2/c9-5(10)4-3-8(13,6(15)16)1-2-14(4)7(11)12/h4H,1-3,13H2,(H3,9,10)(H3,11,12)(H,15,16). The molecule has 16 heavy (non-hydrogen) atoms. The lowest BCUT2D eigenvalue weighted by molar-refractivity contribution is -0.145. The Bertz CT molecular complexity index is 343. The Morgan fingerprint density at radius 3 is 2.38 bits per heavy atom. The number of aliphatic carboxylic acids is 1. The number of likely N-dealkylation sites (tertiary alicyclic amines) is 1. The Morgan fingerprint density at radius 2 is 2.00 bits per heavy atom. The summed E-state index contributed by atoms with van der Waals surface area (Å²) in [5.74, 6) is -1.58. The maximum atomic E-state index is 11.0. The van der Waals surface area contributed by atoms with Gasteiger partial charge in [-0.05, 0) is 6.42 Å². The van der Waals surface area contributed by atoms with Gasteiger partial charge >= 0.3 is 5.97 Å². The lowest BCUT2D eigenvalue weighted by atomic mass is 9.83. The first-order valence-electron chi connectivity index (χ1n) is 4.75. The number of hydrogen-bond acceptors (Lipinski definition) is 4. The van der Waals surface area contributed by atoms with Crippen LogP contribution in [0.2, 0.25) is 0 Å². The van der Waals surface area contributed by atoms with Gasteiger partial charge in [-0.3, -0.25) is 15.6 Å². The van der Waals surface area contributed by atoms with Crippen molar-refractivity contribution in [3.63, 3.8) is 0 Å². The molecule has 8 heteroatoms. The molecule has 0 spiro atoms. The van der Waals surface area contributed by atoms with E-state index in [0.717, 1.165) is 0 Å². The van der Waals surface area contributed by atoms with Gasteiger partial charge in [-0.25, -0.2) is 0 Å². The number of piperidine rings is 1. The second kappa shape index (κ2) is 3.97. The number of nitrogens with one attached hydrogen (secondary N) is 2. The molecule has 90 valence electrons. The topological polar surface area (TPSA) is 166 Å². The van der Waals surface area contributed by atoms with Gasteiger partial charge in [0.25, 0.3) is 0 Å². The summed E-state index contributed by atoms with van der Waals surface area (Å²) < 4.78 is 0. The molecule has 0 aromatic carbocycles. The predicted molar refractivity (Wildman–Crippen MR) is 58.1 cm³/mol. The number of carboxylic acids is 1. The monoisotopic (exact) mass is 228 g/mol. The van der Waals surface area contributed by atoms with Crippen LogP contribution in [0, 0.1) is 10.8 Å². The van der Waals surface area contributed by atoms with Crippen LogP contribution >= 0.6 is 0 Å². The fraction of sp³-hybridized carbons (Fsp3) is 0.625. The van der Waals surface area contributed by atoms with E-state index in [1.165, 1.54) is 4.90 Å². The zero-order valence-electron chi connectivity index (χ0n) is 8.73. The summed E-state index contributed by atoms with van der Waals surface area (Å²) in [5.41, 5.74) is 15.0. The summed E-state index contributed by atoms with van der Waals surface area (Å²) in [4.78, 5) is 12.4. The average Bonchev–Trinajstić information content (AvgIpc) is 2.16. The first-order chi connectivity index (χ1) is 7.28. The second-order valence-electron chi connectivity index (χ2n) is 3.97. The maximum Gasteiger partial charge on any atom is 0.323 e. The highest BCUT2D eigenvalue weighted by Gasteiger charge is 2.44. The van der Waals surface area contributed by atoms with Crippen molar-refractivity contribution in [3.8, 4) is 0 Å². The van der Waals surface area contributed by atoms with E-state index in [-0.39, 0.29) is 31.2 Å². The largest absolute Gasteiger partial charge is 0.480 e. The SMILES string of the molecule is N=C(N)C1CC(N)(C(=O)O)CCN1C(=N)N. The fourth-order valence-electron chi connectivity index (χ4n) is 1.79. The summed E-state index contributed by atoms with van der Waals surface area (Å²) in [7, 11) is 0. The highest BCUT2D eigenvalue weighted by atomic mass is 16.4. The van der Waals surface area contributed by atoms with E-state index in [9.17, 15) is 4.79 Å². The van der Waals surface area contributed by atoms with Crippen LogP contribution in [0.4, 0.5) is 0 Å². The minimum Gasteiger partial charge on any atom is -0.480 e. The zero-order chi connectivity index (χ0) is 12.5. The molecule has 0 aliphatic carbocycles. The van der Waals surface area contributed by atoms with E-state index in [1.54, 1.807) is 0 Å². The van der Waals surface area contributed by atoms with Crippen molar-refractivity contribution in [2.45, 2.75) is 24.4 Å². The molecule has 1 aliphatic rings. The highest BCUT2D eigenvalue weighted by Crippen LogP contribution is 2.24. The van der Waals surface area contributed by atoms with Crippen molar-refractivity contribution in [2.75, 3.05) is 6.54 Å². The molecule has 0 amide bonds. The molecule has 1 heterocycles. The Kier molecular flexibility index (Phi) is 3.04. The Hall–Kier alpha value is -1.83. The Labute approximate surface area is 92.4 Å². The quantitative estimate of drug-likeness (QED) is 0.237.